The normalized spacial score (nSPS) is 15.1. The first kappa shape index (κ1) is 14.7. The summed E-state index contributed by atoms with van der Waals surface area (Å²) in [5, 5.41) is 3.31. The Kier molecular flexibility index (Phi) is 5.52. The molecular weight excluding hydrogens is 306 g/mol. The van der Waals surface area contributed by atoms with E-state index in [9.17, 15) is 0 Å². The lowest BCUT2D eigenvalue weighted by atomic mass is 9.86. The number of nitrogens with one attached hydrogen (secondary N) is 1. The second-order valence-electron chi connectivity index (χ2n) is 5.00. The predicted octanol–water partition coefficient (Wildman–Crippen LogP) is 3.75. The summed E-state index contributed by atoms with van der Waals surface area (Å²) >= 11 is 3.59. The molecule has 1 fully saturated rings. The van der Waals surface area contributed by atoms with Crippen molar-refractivity contribution in [1.29, 1.82) is 0 Å². The van der Waals surface area contributed by atoms with E-state index in [1.165, 1.54) is 24.8 Å². The van der Waals surface area contributed by atoms with Crippen molar-refractivity contribution in [2.75, 3.05) is 20.3 Å². The van der Waals surface area contributed by atoms with Crippen LogP contribution in [0.5, 0.6) is 11.5 Å². The van der Waals surface area contributed by atoms with Crippen LogP contribution in [0.3, 0.4) is 0 Å². The number of hydrogen-bond donors (Lipinski definition) is 1. The predicted molar refractivity (Wildman–Crippen MR) is 80.9 cm³/mol. The summed E-state index contributed by atoms with van der Waals surface area (Å²) in [5.41, 5.74) is 1.20. The lowest BCUT2D eigenvalue weighted by molar-refractivity contribution is 0.175. The van der Waals surface area contributed by atoms with E-state index < -0.39 is 0 Å². The fourth-order valence-electron chi connectivity index (χ4n) is 2.15. The maximum absolute atomic E-state index is 5.93. The molecule has 19 heavy (non-hydrogen) atoms. The van der Waals surface area contributed by atoms with Gasteiger partial charge in [0.2, 0.25) is 0 Å². The van der Waals surface area contributed by atoms with Crippen LogP contribution in [-0.4, -0.2) is 20.3 Å². The van der Waals surface area contributed by atoms with Gasteiger partial charge in [-0.25, -0.2) is 0 Å². The minimum atomic E-state index is 0.720. The zero-order valence-electron chi connectivity index (χ0n) is 11.7. The molecule has 1 N–H and O–H groups in total. The molecule has 0 spiro atoms. The molecule has 0 atom stereocenters. The summed E-state index contributed by atoms with van der Waals surface area (Å²) in [4.78, 5) is 0. The summed E-state index contributed by atoms with van der Waals surface area (Å²) in [5.74, 6) is 2.36. The Morgan fingerprint density at radius 2 is 2.16 bits per heavy atom. The van der Waals surface area contributed by atoms with Crippen molar-refractivity contribution >= 4 is 15.9 Å². The monoisotopic (exact) mass is 327 g/mol. The van der Waals surface area contributed by atoms with Crippen molar-refractivity contribution in [2.24, 2.45) is 5.92 Å². The van der Waals surface area contributed by atoms with E-state index in [1.807, 2.05) is 6.07 Å². The Labute approximate surface area is 123 Å². The Morgan fingerprint density at radius 1 is 1.37 bits per heavy atom. The average Bonchev–Trinajstić information content (AvgIpc) is 2.36. The molecule has 1 aromatic rings. The van der Waals surface area contributed by atoms with Gasteiger partial charge in [0, 0.05) is 6.54 Å². The molecule has 3 nitrogen and oxygen atoms in total. The molecule has 0 aliphatic heterocycles. The van der Waals surface area contributed by atoms with Gasteiger partial charge < -0.3 is 14.8 Å². The van der Waals surface area contributed by atoms with Gasteiger partial charge in [-0.05, 0) is 58.9 Å². The minimum Gasteiger partial charge on any atom is -0.493 e. The minimum absolute atomic E-state index is 0.720. The molecule has 1 aromatic carbocycles. The Bertz CT molecular complexity index is 419. The van der Waals surface area contributed by atoms with Crippen LogP contribution in [0.25, 0.3) is 0 Å². The van der Waals surface area contributed by atoms with E-state index in [0.29, 0.717) is 0 Å². The summed E-state index contributed by atoms with van der Waals surface area (Å²) < 4.78 is 12.3. The van der Waals surface area contributed by atoms with Crippen LogP contribution in [0.4, 0.5) is 0 Å². The molecular formula is C15H22BrNO2. The maximum Gasteiger partial charge on any atom is 0.175 e. The first-order valence-electron chi connectivity index (χ1n) is 6.94. The zero-order chi connectivity index (χ0) is 13.7. The number of rotatable bonds is 7. The van der Waals surface area contributed by atoms with Crippen LogP contribution < -0.4 is 14.8 Å². The first-order chi connectivity index (χ1) is 9.24. The summed E-state index contributed by atoms with van der Waals surface area (Å²) in [6.45, 7) is 4.69. The fourth-order valence-corrected chi connectivity index (χ4v) is 2.75. The summed E-state index contributed by atoms with van der Waals surface area (Å²) in [7, 11) is 1.69. The number of ether oxygens (including phenoxy) is 2. The van der Waals surface area contributed by atoms with E-state index in [0.717, 1.165) is 41.6 Å². The Hall–Kier alpha value is -0.740. The number of halogens is 1. The van der Waals surface area contributed by atoms with Gasteiger partial charge in [-0.3, -0.25) is 0 Å². The van der Waals surface area contributed by atoms with E-state index in [4.69, 9.17) is 9.47 Å². The highest BCUT2D eigenvalue weighted by Gasteiger charge is 2.20. The highest BCUT2D eigenvalue weighted by Crippen LogP contribution is 2.38. The van der Waals surface area contributed by atoms with E-state index in [2.05, 4.69) is 34.2 Å². The number of benzene rings is 1. The van der Waals surface area contributed by atoms with Crippen LogP contribution in [0.15, 0.2) is 16.6 Å². The third-order valence-electron chi connectivity index (χ3n) is 3.56. The highest BCUT2D eigenvalue weighted by molar-refractivity contribution is 9.10. The van der Waals surface area contributed by atoms with Gasteiger partial charge in [-0.15, -0.1) is 0 Å². The van der Waals surface area contributed by atoms with E-state index in [-0.39, 0.29) is 0 Å². The van der Waals surface area contributed by atoms with Crippen molar-refractivity contribution in [3.8, 4) is 11.5 Å². The molecule has 0 aromatic heterocycles. The van der Waals surface area contributed by atoms with Gasteiger partial charge >= 0.3 is 0 Å². The largest absolute Gasteiger partial charge is 0.493 e. The van der Waals surface area contributed by atoms with Crippen LogP contribution in [0.2, 0.25) is 0 Å². The Balaban J connectivity index is 2.07. The van der Waals surface area contributed by atoms with Crippen LogP contribution >= 0.6 is 15.9 Å². The smallest absolute Gasteiger partial charge is 0.175 e. The molecule has 4 heteroatoms. The molecule has 0 radical (unpaired) electrons. The van der Waals surface area contributed by atoms with Gasteiger partial charge in [0.15, 0.2) is 11.5 Å². The van der Waals surface area contributed by atoms with Crippen molar-refractivity contribution in [3.05, 3.63) is 22.2 Å². The zero-order valence-corrected chi connectivity index (χ0v) is 13.3. The lowest BCUT2D eigenvalue weighted by Gasteiger charge is -2.26. The maximum atomic E-state index is 5.93. The molecule has 1 saturated carbocycles. The van der Waals surface area contributed by atoms with Gasteiger partial charge in [0.1, 0.15) is 0 Å². The summed E-state index contributed by atoms with van der Waals surface area (Å²) in [6, 6.07) is 4.14. The van der Waals surface area contributed by atoms with Gasteiger partial charge in [-0.2, -0.15) is 0 Å². The van der Waals surface area contributed by atoms with Crippen LogP contribution in [-0.2, 0) is 6.54 Å². The van der Waals surface area contributed by atoms with E-state index in [1.54, 1.807) is 7.11 Å². The van der Waals surface area contributed by atoms with E-state index >= 15 is 0 Å². The van der Waals surface area contributed by atoms with Crippen LogP contribution in [0, 0.1) is 5.92 Å². The lowest BCUT2D eigenvalue weighted by Crippen LogP contribution is -2.19. The third kappa shape index (κ3) is 3.86. The molecule has 0 bridgehead atoms. The van der Waals surface area contributed by atoms with Crippen molar-refractivity contribution in [3.63, 3.8) is 0 Å². The quantitative estimate of drug-likeness (QED) is 0.827. The SMILES string of the molecule is CCNCc1cc(Br)c(OCC2CCC2)c(OC)c1. The molecule has 1 aliphatic rings. The van der Waals surface area contributed by atoms with Gasteiger partial charge in [0.05, 0.1) is 18.2 Å². The second-order valence-corrected chi connectivity index (χ2v) is 5.85. The molecule has 2 rings (SSSR count). The number of hydrogen-bond acceptors (Lipinski definition) is 3. The highest BCUT2D eigenvalue weighted by atomic mass is 79.9. The first-order valence-corrected chi connectivity index (χ1v) is 7.73. The molecule has 106 valence electrons. The molecule has 0 amide bonds. The molecule has 0 unspecified atom stereocenters. The molecule has 1 aliphatic carbocycles. The average molecular weight is 328 g/mol. The fraction of sp³-hybridized carbons (Fsp3) is 0.600. The molecule has 0 heterocycles. The summed E-state index contributed by atoms with van der Waals surface area (Å²) in [6.07, 6.45) is 3.92. The van der Waals surface area contributed by atoms with Crippen molar-refractivity contribution in [1.82, 2.24) is 5.32 Å². The number of methoxy groups -OCH3 is 1. The topological polar surface area (TPSA) is 30.5 Å². The standard InChI is InChI=1S/C15H22BrNO2/c1-3-17-9-12-7-13(16)15(14(8-12)18-2)19-10-11-5-4-6-11/h7-8,11,17H,3-6,9-10H2,1-2H3. The van der Waals surface area contributed by atoms with Crippen molar-refractivity contribution < 1.29 is 9.47 Å². The van der Waals surface area contributed by atoms with Gasteiger partial charge in [-0.1, -0.05) is 13.3 Å². The van der Waals surface area contributed by atoms with Gasteiger partial charge in [0.25, 0.3) is 0 Å². The van der Waals surface area contributed by atoms with Crippen LogP contribution in [0.1, 0.15) is 31.7 Å². The second kappa shape index (κ2) is 7.15. The molecule has 0 saturated heterocycles. The third-order valence-corrected chi connectivity index (χ3v) is 4.15. The Morgan fingerprint density at radius 3 is 2.74 bits per heavy atom. The van der Waals surface area contributed by atoms with Crippen molar-refractivity contribution in [2.45, 2.75) is 32.7 Å².